The first-order valence-corrected chi connectivity index (χ1v) is 7.85. The lowest BCUT2D eigenvalue weighted by Crippen LogP contribution is -2.51. The highest BCUT2D eigenvalue weighted by Gasteiger charge is 2.38. The van der Waals surface area contributed by atoms with Crippen molar-refractivity contribution in [3.05, 3.63) is 0 Å². The van der Waals surface area contributed by atoms with Gasteiger partial charge in [0.25, 0.3) is 0 Å². The third-order valence-corrected chi connectivity index (χ3v) is 4.71. The highest BCUT2D eigenvalue weighted by atomic mass is 16.5. The molecule has 3 aliphatic rings. The Labute approximate surface area is 115 Å². The van der Waals surface area contributed by atoms with Crippen LogP contribution in [-0.2, 0) is 9.53 Å². The molecule has 0 radical (unpaired) electrons. The minimum Gasteiger partial charge on any atom is -0.381 e. The number of carbonyl (C=O) groups excluding carboxylic acids is 1. The lowest BCUT2D eigenvalue weighted by atomic mass is 9.93. The average molecular weight is 266 g/mol. The SMILES string of the molecule is CC1CCNC(C(=O)N(CC2CCOC2)C2CC2)C1. The number of ether oxygens (including phenoxy) is 1. The molecular formula is C15H26N2O2. The molecule has 2 aliphatic heterocycles. The van der Waals surface area contributed by atoms with Gasteiger partial charge in [-0.05, 0) is 44.6 Å². The van der Waals surface area contributed by atoms with Crippen LogP contribution in [0, 0.1) is 11.8 Å². The van der Waals surface area contributed by atoms with Gasteiger partial charge in [0.2, 0.25) is 5.91 Å². The lowest BCUT2D eigenvalue weighted by Gasteiger charge is -2.33. The number of nitrogens with zero attached hydrogens (tertiary/aromatic N) is 1. The molecule has 3 rings (SSSR count). The van der Waals surface area contributed by atoms with Gasteiger partial charge >= 0.3 is 0 Å². The van der Waals surface area contributed by atoms with Crippen LogP contribution in [0.1, 0.15) is 39.0 Å². The molecule has 1 aliphatic carbocycles. The highest BCUT2D eigenvalue weighted by molar-refractivity contribution is 5.82. The van der Waals surface area contributed by atoms with Crippen LogP contribution >= 0.6 is 0 Å². The summed E-state index contributed by atoms with van der Waals surface area (Å²) in [5.41, 5.74) is 0. The monoisotopic (exact) mass is 266 g/mol. The Bertz CT molecular complexity index is 324. The number of rotatable bonds is 4. The van der Waals surface area contributed by atoms with E-state index in [1.165, 1.54) is 19.3 Å². The Morgan fingerprint density at radius 2 is 2.16 bits per heavy atom. The molecule has 0 spiro atoms. The van der Waals surface area contributed by atoms with Crippen molar-refractivity contribution in [3.8, 4) is 0 Å². The van der Waals surface area contributed by atoms with Gasteiger partial charge in [-0.25, -0.2) is 0 Å². The molecule has 2 heterocycles. The van der Waals surface area contributed by atoms with Gasteiger partial charge in [-0.3, -0.25) is 4.79 Å². The molecule has 108 valence electrons. The van der Waals surface area contributed by atoms with Crippen molar-refractivity contribution in [2.75, 3.05) is 26.3 Å². The van der Waals surface area contributed by atoms with Crippen LogP contribution in [0.25, 0.3) is 0 Å². The van der Waals surface area contributed by atoms with Crippen molar-refractivity contribution >= 4 is 5.91 Å². The van der Waals surface area contributed by atoms with Crippen molar-refractivity contribution in [3.63, 3.8) is 0 Å². The van der Waals surface area contributed by atoms with Crippen molar-refractivity contribution < 1.29 is 9.53 Å². The molecule has 1 N–H and O–H groups in total. The largest absolute Gasteiger partial charge is 0.381 e. The van der Waals surface area contributed by atoms with Crippen molar-refractivity contribution in [1.82, 2.24) is 10.2 Å². The highest BCUT2D eigenvalue weighted by Crippen LogP contribution is 2.30. The second-order valence-corrected chi connectivity index (χ2v) is 6.59. The Hall–Kier alpha value is -0.610. The Kier molecular flexibility index (Phi) is 4.08. The van der Waals surface area contributed by atoms with Crippen molar-refractivity contribution in [1.29, 1.82) is 0 Å². The van der Waals surface area contributed by atoms with Crippen LogP contribution in [0.5, 0.6) is 0 Å². The normalized spacial score (nSPS) is 35.3. The number of hydrogen-bond donors (Lipinski definition) is 1. The van der Waals surface area contributed by atoms with Crippen LogP contribution in [0.15, 0.2) is 0 Å². The molecule has 3 atom stereocenters. The van der Waals surface area contributed by atoms with Gasteiger partial charge in [-0.2, -0.15) is 0 Å². The Morgan fingerprint density at radius 3 is 2.79 bits per heavy atom. The summed E-state index contributed by atoms with van der Waals surface area (Å²) in [5, 5.41) is 3.41. The van der Waals surface area contributed by atoms with Crippen LogP contribution < -0.4 is 5.32 Å². The van der Waals surface area contributed by atoms with E-state index in [1.54, 1.807) is 0 Å². The molecule has 0 aromatic carbocycles. The number of carbonyl (C=O) groups is 1. The number of amides is 1. The third-order valence-electron chi connectivity index (χ3n) is 4.71. The van der Waals surface area contributed by atoms with Gasteiger partial charge in [0.05, 0.1) is 12.6 Å². The zero-order chi connectivity index (χ0) is 13.2. The maximum atomic E-state index is 12.7. The first-order chi connectivity index (χ1) is 9.24. The average Bonchev–Trinajstić information content (AvgIpc) is 3.12. The molecular weight excluding hydrogens is 240 g/mol. The second-order valence-electron chi connectivity index (χ2n) is 6.59. The summed E-state index contributed by atoms with van der Waals surface area (Å²) in [6, 6.07) is 0.582. The van der Waals surface area contributed by atoms with Crippen LogP contribution in [0.2, 0.25) is 0 Å². The van der Waals surface area contributed by atoms with Crippen molar-refractivity contribution in [2.45, 2.75) is 51.1 Å². The predicted octanol–water partition coefficient (Wildman–Crippen LogP) is 1.40. The summed E-state index contributed by atoms with van der Waals surface area (Å²) in [6.45, 7) is 5.87. The number of piperidine rings is 1. The van der Waals surface area contributed by atoms with Gasteiger partial charge in [0.1, 0.15) is 0 Å². The number of hydrogen-bond acceptors (Lipinski definition) is 3. The smallest absolute Gasteiger partial charge is 0.239 e. The van der Waals surface area contributed by atoms with E-state index < -0.39 is 0 Å². The molecule has 0 bridgehead atoms. The fraction of sp³-hybridized carbons (Fsp3) is 0.933. The van der Waals surface area contributed by atoms with Crippen LogP contribution in [0.4, 0.5) is 0 Å². The quantitative estimate of drug-likeness (QED) is 0.836. The first-order valence-electron chi connectivity index (χ1n) is 7.85. The molecule has 1 saturated carbocycles. The van der Waals surface area contributed by atoms with Gasteiger partial charge in [0, 0.05) is 25.1 Å². The van der Waals surface area contributed by atoms with Gasteiger partial charge < -0.3 is 15.0 Å². The van der Waals surface area contributed by atoms with Gasteiger partial charge in [-0.1, -0.05) is 6.92 Å². The second kappa shape index (κ2) is 5.80. The first kappa shape index (κ1) is 13.4. The van der Waals surface area contributed by atoms with Gasteiger partial charge in [-0.15, -0.1) is 0 Å². The van der Waals surface area contributed by atoms with E-state index in [0.29, 0.717) is 23.8 Å². The molecule has 0 aromatic rings. The molecule has 19 heavy (non-hydrogen) atoms. The minimum absolute atomic E-state index is 0.0617. The van der Waals surface area contributed by atoms with Crippen LogP contribution in [0.3, 0.4) is 0 Å². The number of nitrogens with one attached hydrogen (secondary N) is 1. The molecule has 0 aromatic heterocycles. The Morgan fingerprint density at radius 1 is 1.32 bits per heavy atom. The topological polar surface area (TPSA) is 41.6 Å². The summed E-state index contributed by atoms with van der Waals surface area (Å²) in [6.07, 6.45) is 5.71. The van der Waals surface area contributed by atoms with E-state index in [0.717, 1.165) is 39.1 Å². The fourth-order valence-corrected chi connectivity index (χ4v) is 3.31. The van der Waals surface area contributed by atoms with E-state index in [4.69, 9.17) is 4.74 Å². The molecule has 4 nitrogen and oxygen atoms in total. The summed E-state index contributed by atoms with van der Waals surface area (Å²) in [7, 11) is 0. The molecule has 2 saturated heterocycles. The van der Waals surface area contributed by atoms with E-state index in [-0.39, 0.29) is 6.04 Å². The summed E-state index contributed by atoms with van der Waals surface area (Å²) in [4.78, 5) is 14.9. The van der Waals surface area contributed by atoms with E-state index >= 15 is 0 Å². The summed E-state index contributed by atoms with van der Waals surface area (Å²) >= 11 is 0. The molecule has 3 fully saturated rings. The minimum atomic E-state index is 0.0617. The zero-order valence-corrected chi connectivity index (χ0v) is 11.9. The maximum absolute atomic E-state index is 12.7. The fourth-order valence-electron chi connectivity index (χ4n) is 3.31. The van der Waals surface area contributed by atoms with Gasteiger partial charge in [0.15, 0.2) is 0 Å². The lowest BCUT2D eigenvalue weighted by molar-refractivity contribution is -0.135. The Balaban J connectivity index is 1.60. The maximum Gasteiger partial charge on any atom is 0.239 e. The standard InChI is InChI=1S/C15H26N2O2/c1-11-4-6-16-14(8-11)15(18)17(13-2-3-13)9-12-5-7-19-10-12/h11-14,16H,2-10H2,1H3. The molecule has 4 heteroatoms. The predicted molar refractivity (Wildman–Crippen MR) is 73.8 cm³/mol. The molecule has 3 unspecified atom stereocenters. The summed E-state index contributed by atoms with van der Waals surface area (Å²) in [5.74, 6) is 1.58. The third kappa shape index (κ3) is 3.29. The van der Waals surface area contributed by atoms with E-state index in [2.05, 4.69) is 17.1 Å². The van der Waals surface area contributed by atoms with Crippen molar-refractivity contribution in [2.24, 2.45) is 11.8 Å². The van der Waals surface area contributed by atoms with E-state index in [1.807, 2.05) is 0 Å². The molecule has 1 amide bonds. The van der Waals surface area contributed by atoms with Crippen LogP contribution in [-0.4, -0.2) is 49.2 Å². The zero-order valence-electron chi connectivity index (χ0n) is 11.9. The van der Waals surface area contributed by atoms with E-state index in [9.17, 15) is 4.79 Å². The summed E-state index contributed by atoms with van der Waals surface area (Å²) < 4.78 is 5.45.